The lowest BCUT2D eigenvalue weighted by atomic mass is 10.1. The van der Waals surface area contributed by atoms with Gasteiger partial charge in [-0.15, -0.1) is 11.3 Å². The summed E-state index contributed by atoms with van der Waals surface area (Å²) in [5.41, 5.74) is 4.98. The largest absolute Gasteiger partial charge is 0.486 e. The molecule has 0 radical (unpaired) electrons. The summed E-state index contributed by atoms with van der Waals surface area (Å²) in [6.45, 7) is 2.17. The van der Waals surface area contributed by atoms with Gasteiger partial charge < -0.3 is 9.47 Å². The highest BCUT2D eigenvalue weighted by Crippen LogP contribution is 2.20. The third-order valence-electron chi connectivity index (χ3n) is 3.79. The minimum Gasteiger partial charge on any atom is -0.486 e. The van der Waals surface area contributed by atoms with Crippen LogP contribution in [0, 0.1) is 11.6 Å². The Labute approximate surface area is 176 Å². The average Bonchev–Trinajstić information content (AvgIpc) is 3.16. The first-order chi connectivity index (χ1) is 14.5. The number of benzene rings is 2. The summed E-state index contributed by atoms with van der Waals surface area (Å²) in [5, 5.41) is 6.44. The Kier molecular flexibility index (Phi) is 7.45. The zero-order valence-electron chi connectivity index (χ0n) is 16.1. The van der Waals surface area contributed by atoms with Crippen LogP contribution < -0.4 is 10.2 Å². The average molecular weight is 431 g/mol. The molecule has 0 amide bonds. The summed E-state index contributed by atoms with van der Waals surface area (Å²) in [7, 11) is 0. The molecule has 0 saturated heterocycles. The number of nitrogens with zero attached hydrogens (tertiary/aromatic N) is 2. The molecule has 0 aliphatic rings. The zero-order valence-corrected chi connectivity index (χ0v) is 16.9. The van der Waals surface area contributed by atoms with E-state index in [1.807, 2.05) is 24.3 Å². The van der Waals surface area contributed by atoms with Crippen molar-refractivity contribution in [1.29, 1.82) is 0 Å². The van der Waals surface area contributed by atoms with Crippen molar-refractivity contribution >= 4 is 28.7 Å². The Bertz CT molecular complexity index is 1040. The molecule has 1 heterocycles. The van der Waals surface area contributed by atoms with Crippen molar-refractivity contribution in [3.8, 4) is 5.75 Å². The van der Waals surface area contributed by atoms with Crippen molar-refractivity contribution in [1.82, 2.24) is 4.98 Å². The third-order valence-corrected chi connectivity index (χ3v) is 4.59. The number of halogens is 2. The monoisotopic (exact) mass is 431 g/mol. The van der Waals surface area contributed by atoms with E-state index in [-0.39, 0.29) is 24.7 Å². The van der Waals surface area contributed by atoms with Crippen molar-refractivity contribution in [3.05, 3.63) is 76.3 Å². The molecule has 3 aromatic rings. The van der Waals surface area contributed by atoms with E-state index in [0.717, 1.165) is 29.3 Å². The van der Waals surface area contributed by atoms with E-state index in [2.05, 4.69) is 15.5 Å². The standard InChI is InChI=1S/C21H19F2N3O3S/c1-2-28-20(27)10-17-13-30-21(25-17)26-24-11-14-4-3-5-15(8-14)12-29-19-9-16(22)6-7-18(19)23/h3-9,11,13H,2,10,12H2,1H3,(H,25,26). The number of esters is 1. The maximum absolute atomic E-state index is 13.6. The summed E-state index contributed by atoms with van der Waals surface area (Å²) in [4.78, 5) is 15.7. The van der Waals surface area contributed by atoms with Gasteiger partial charge in [-0.05, 0) is 36.2 Å². The minimum absolute atomic E-state index is 0.0825. The van der Waals surface area contributed by atoms with Crippen LogP contribution in [0.4, 0.5) is 13.9 Å². The van der Waals surface area contributed by atoms with Gasteiger partial charge >= 0.3 is 5.97 Å². The Hall–Kier alpha value is -3.33. The van der Waals surface area contributed by atoms with Crippen LogP contribution in [-0.4, -0.2) is 23.8 Å². The summed E-state index contributed by atoms with van der Waals surface area (Å²) >= 11 is 1.33. The number of thiazole rings is 1. The van der Waals surface area contributed by atoms with E-state index in [1.165, 1.54) is 11.3 Å². The second kappa shape index (κ2) is 10.4. The lowest BCUT2D eigenvalue weighted by Gasteiger charge is -2.08. The van der Waals surface area contributed by atoms with Crippen molar-refractivity contribution in [2.75, 3.05) is 12.0 Å². The molecule has 1 aromatic heterocycles. The van der Waals surface area contributed by atoms with E-state index < -0.39 is 11.6 Å². The summed E-state index contributed by atoms with van der Waals surface area (Å²) in [5.74, 6) is -1.65. The van der Waals surface area contributed by atoms with Gasteiger partial charge in [0.1, 0.15) is 12.4 Å². The first-order valence-corrected chi connectivity index (χ1v) is 9.97. The highest BCUT2D eigenvalue weighted by molar-refractivity contribution is 7.13. The molecule has 0 atom stereocenters. The van der Waals surface area contributed by atoms with Crippen LogP contribution in [0.2, 0.25) is 0 Å². The van der Waals surface area contributed by atoms with E-state index in [4.69, 9.17) is 9.47 Å². The first kappa shape index (κ1) is 21.4. The number of carbonyl (C=O) groups excluding carboxylic acids is 1. The molecule has 1 N–H and O–H groups in total. The molecule has 3 rings (SSSR count). The minimum atomic E-state index is -0.621. The van der Waals surface area contributed by atoms with Crippen LogP contribution in [0.5, 0.6) is 5.75 Å². The number of rotatable bonds is 9. The Morgan fingerprint density at radius 1 is 1.27 bits per heavy atom. The van der Waals surface area contributed by atoms with Gasteiger partial charge in [0, 0.05) is 11.4 Å². The van der Waals surface area contributed by atoms with Crippen molar-refractivity contribution < 1.29 is 23.0 Å². The third kappa shape index (κ3) is 6.35. The summed E-state index contributed by atoms with van der Waals surface area (Å²) in [6, 6.07) is 10.3. The van der Waals surface area contributed by atoms with E-state index in [1.54, 1.807) is 18.5 Å². The molecular weight excluding hydrogens is 412 g/mol. The van der Waals surface area contributed by atoms with Crippen molar-refractivity contribution in [2.24, 2.45) is 5.10 Å². The lowest BCUT2D eigenvalue weighted by Crippen LogP contribution is -2.07. The Morgan fingerprint density at radius 3 is 2.97 bits per heavy atom. The molecule has 0 spiro atoms. The van der Waals surface area contributed by atoms with Gasteiger partial charge in [-0.1, -0.05) is 18.2 Å². The van der Waals surface area contributed by atoms with Gasteiger partial charge in [-0.25, -0.2) is 13.8 Å². The highest BCUT2D eigenvalue weighted by atomic mass is 32.1. The van der Waals surface area contributed by atoms with Crippen LogP contribution >= 0.6 is 11.3 Å². The topological polar surface area (TPSA) is 72.8 Å². The molecule has 0 aliphatic heterocycles. The smallest absolute Gasteiger partial charge is 0.311 e. The highest BCUT2D eigenvalue weighted by Gasteiger charge is 2.08. The Balaban J connectivity index is 1.55. The molecule has 9 heteroatoms. The first-order valence-electron chi connectivity index (χ1n) is 9.09. The molecule has 6 nitrogen and oxygen atoms in total. The van der Waals surface area contributed by atoms with E-state index in [0.29, 0.717) is 17.4 Å². The number of hydrazone groups is 1. The van der Waals surface area contributed by atoms with E-state index >= 15 is 0 Å². The SMILES string of the molecule is CCOC(=O)Cc1csc(NN=Cc2cccc(COc3cc(F)ccc3F)c2)n1. The molecule has 0 bridgehead atoms. The molecule has 0 aliphatic carbocycles. The predicted octanol–water partition coefficient (Wildman–Crippen LogP) is 4.55. The molecule has 156 valence electrons. The zero-order chi connectivity index (χ0) is 21.3. The van der Waals surface area contributed by atoms with Gasteiger partial charge in [0.25, 0.3) is 0 Å². The molecule has 2 aromatic carbocycles. The van der Waals surface area contributed by atoms with Crippen LogP contribution in [0.3, 0.4) is 0 Å². The quantitative estimate of drug-likeness (QED) is 0.306. The fourth-order valence-corrected chi connectivity index (χ4v) is 3.13. The summed E-state index contributed by atoms with van der Waals surface area (Å²) in [6.07, 6.45) is 1.71. The van der Waals surface area contributed by atoms with Crippen LogP contribution in [0.15, 0.2) is 52.9 Å². The Morgan fingerprint density at radius 2 is 2.13 bits per heavy atom. The van der Waals surface area contributed by atoms with Crippen molar-refractivity contribution in [2.45, 2.75) is 20.0 Å². The van der Waals surface area contributed by atoms with Gasteiger partial charge in [0.05, 0.1) is 24.9 Å². The molecule has 30 heavy (non-hydrogen) atoms. The fourth-order valence-electron chi connectivity index (χ4n) is 2.47. The number of hydrogen-bond donors (Lipinski definition) is 1. The molecular formula is C21H19F2N3O3S. The van der Waals surface area contributed by atoms with Gasteiger partial charge in [-0.2, -0.15) is 5.10 Å². The van der Waals surface area contributed by atoms with Crippen LogP contribution in [0.25, 0.3) is 0 Å². The maximum atomic E-state index is 13.6. The normalized spacial score (nSPS) is 10.9. The second-order valence-corrected chi connectivity index (χ2v) is 6.96. The number of ether oxygens (including phenoxy) is 2. The van der Waals surface area contributed by atoms with E-state index in [9.17, 15) is 13.6 Å². The number of nitrogens with one attached hydrogen (secondary N) is 1. The lowest BCUT2D eigenvalue weighted by molar-refractivity contribution is -0.142. The number of aromatic nitrogens is 1. The van der Waals surface area contributed by atoms with Crippen LogP contribution in [-0.2, 0) is 22.6 Å². The number of hydrogen-bond acceptors (Lipinski definition) is 7. The van der Waals surface area contributed by atoms with Crippen molar-refractivity contribution in [3.63, 3.8) is 0 Å². The summed E-state index contributed by atoms with van der Waals surface area (Å²) < 4.78 is 37.1. The van der Waals surface area contributed by atoms with Gasteiger partial charge in [-0.3, -0.25) is 10.2 Å². The van der Waals surface area contributed by atoms with Crippen LogP contribution in [0.1, 0.15) is 23.7 Å². The maximum Gasteiger partial charge on any atom is 0.311 e. The molecule has 0 unspecified atom stereocenters. The second-order valence-electron chi connectivity index (χ2n) is 6.10. The van der Waals surface area contributed by atoms with Gasteiger partial charge in [0.15, 0.2) is 11.6 Å². The number of carbonyl (C=O) groups is 1. The number of anilines is 1. The predicted molar refractivity (Wildman–Crippen MR) is 111 cm³/mol. The fraction of sp³-hybridized carbons (Fsp3) is 0.190. The van der Waals surface area contributed by atoms with Gasteiger partial charge in [0.2, 0.25) is 5.13 Å². The molecule has 0 fully saturated rings. The molecule has 0 saturated carbocycles.